The fraction of sp³-hybridized carbons (Fsp3) is 0.0800. The molecule has 9 nitrogen and oxygen atoms in total. The highest BCUT2D eigenvalue weighted by atomic mass is 32.2. The molecule has 35 heavy (non-hydrogen) atoms. The summed E-state index contributed by atoms with van der Waals surface area (Å²) in [5, 5.41) is 15.8. The zero-order valence-corrected chi connectivity index (χ0v) is 19.2. The first-order valence-electron chi connectivity index (χ1n) is 10.6. The molecule has 178 valence electrons. The van der Waals surface area contributed by atoms with Crippen LogP contribution in [0.25, 0.3) is 10.8 Å². The van der Waals surface area contributed by atoms with Crippen LogP contribution >= 0.6 is 0 Å². The van der Waals surface area contributed by atoms with Crippen LogP contribution in [-0.2, 0) is 10.0 Å². The van der Waals surface area contributed by atoms with Gasteiger partial charge in [0.2, 0.25) is 0 Å². The number of amides is 1. The summed E-state index contributed by atoms with van der Waals surface area (Å²) < 4.78 is 33.1. The molecule has 0 unspecified atom stereocenters. The van der Waals surface area contributed by atoms with Crippen molar-refractivity contribution in [1.82, 2.24) is 5.32 Å². The number of fused-ring (bicyclic) bond motifs is 1. The second kappa shape index (κ2) is 10.2. The van der Waals surface area contributed by atoms with E-state index in [9.17, 15) is 23.3 Å². The molecule has 1 amide bonds. The second-order valence-electron chi connectivity index (χ2n) is 7.55. The number of carbonyl (C=O) groups is 1. The molecule has 4 aromatic carbocycles. The average molecular weight is 492 g/mol. The van der Waals surface area contributed by atoms with Gasteiger partial charge >= 0.3 is 0 Å². The number of hydrogen-bond acceptors (Lipinski definition) is 6. The Morgan fingerprint density at radius 3 is 2.37 bits per heavy atom. The van der Waals surface area contributed by atoms with E-state index in [0.29, 0.717) is 11.3 Å². The van der Waals surface area contributed by atoms with Gasteiger partial charge in [-0.25, -0.2) is 8.42 Å². The highest BCUT2D eigenvalue weighted by molar-refractivity contribution is 7.92. The molecule has 10 heteroatoms. The number of carbonyl (C=O) groups excluding carboxylic acids is 1. The first kappa shape index (κ1) is 23.7. The summed E-state index contributed by atoms with van der Waals surface area (Å²) in [5.74, 6) is 0.374. The molecule has 0 heterocycles. The zero-order valence-electron chi connectivity index (χ0n) is 18.4. The summed E-state index contributed by atoms with van der Waals surface area (Å²) >= 11 is 0. The van der Waals surface area contributed by atoms with Crippen LogP contribution in [0.2, 0.25) is 0 Å². The van der Waals surface area contributed by atoms with Gasteiger partial charge in [0.25, 0.3) is 21.6 Å². The number of non-ortho nitro benzene ring substituents is 1. The molecule has 0 aromatic heterocycles. The topological polar surface area (TPSA) is 128 Å². The molecule has 4 aromatic rings. The minimum absolute atomic E-state index is 0.215. The molecule has 0 saturated carbocycles. The molecule has 0 saturated heterocycles. The van der Waals surface area contributed by atoms with Crippen molar-refractivity contribution < 1.29 is 22.9 Å². The quantitative estimate of drug-likeness (QED) is 0.203. The van der Waals surface area contributed by atoms with Crippen molar-refractivity contribution in [2.75, 3.05) is 17.9 Å². The highest BCUT2D eigenvalue weighted by Crippen LogP contribution is 2.22. The van der Waals surface area contributed by atoms with Crippen LogP contribution in [0.15, 0.2) is 95.9 Å². The van der Waals surface area contributed by atoms with Gasteiger partial charge in [0, 0.05) is 23.4 Å². The number of nitro benzene ring substituents is 1. The van der Waals surface area contributed by atoms with Gasteiger partial charge in [0.1, 0.15) is 12.4 Å². The molecule has 0 spiro atoms. The summed E-state index contributed by atoms with van der Waals surface area (Å²) in [4.78, 5) is 22.4. The maximum atomic E-state index is 12.5. The van der Waals surface area contributed by atoms with Crippen LogP contribution < -0.4 is 14.8 Å². The number of ether oxygens (including phenoxy) is 1. The van der Waals surface area contributed by atoms with Crippen molar-refractivity contribution in [3.8, 4) is 5.75 Å². The van der Waals surface area contributed by atoms with Crippen LogP contribution in [0.4, 0.5) is 11.4 Å². The summed E-state index contributed by atoms with van der Waals surface area (Å²) in [5.41, 5.74) is 0.228. The number of nitro groups is 1. The third-order valence-electron chi connectivity index (χ3n) is 5.12. The van der Waals surface area contributed by atoms with Gasteiger partial charge in [-0.05, 0) is 53.2 Å². The van der Waals surface area contributed by atoms with Gasteiger partial charge in [-0.2, -0.15) is 0 Å². The van der Waals surface area contributed by atoms with E-state index in [-0.39, 0.29) is 35.3 Å². The Bertz CT molecular complexity index is 1490. The Labute approximate surface area is 201 Å². The standard InChI is InChI=1S/C25H21N3O6S/c29-25(26-14-15-34-23-13-10-18-4-1-2-5-20(18)16-23)19-8-11-21(12-9-19)27-35(32,33)24-7-3-6-22(17-24)28(30)31/h1-13,16-17,27H,14-15H2,(H,26,29). The first-order chi connectivity index (χ1) is 16.8. The molecule has 0 aliphatic heterocycles. The van der Waals surface area contributed by atoms with Gasteiger partial charge in [-0.1, -0.05) is 36.4 Å². The Balaban J connectivity index is 1.30. The van der Waals surface area contributed by atoms with Crippen molar-refractivity contribution in [3.63, 3.8) is 0 Å². The molecule has 0 radical (unpaired) electrons. The monoisotopic (exact) mass is 491 g/mol. The van der Waals surface area contributed by atoms with Crippen LogP contribution in [0.1, 0.15) is 10.4 Å². The Kier molecular flexibility index (Phi) is 6.93. The van der Waals surface area contributed by atoms with Gasteiger partial charge in [-0.15, -0.1) is 0 Å². The number of hydrogen-bond donors (Lipinski definition) is 2. The van der Waals surface area contributed by atoms with Crippen molar-refractivity contribution in [3.05, 3.63) is 107 Å². The summed E-state index contributed by atoms with van der Waals surface area (Å²) in [6, 6.07) is 24.3. The van der Waals surface area contributed by atoms with Gasteiger partial charge in [-0.3, -0.25) is 19.6 Å². The number of nitrogens with one attached hydrogen (secondary N) is 2. The third-order valence-corrected chi connectivity index (χ3v) is 6.49. The van der Waals surface area contributed by atoms with Crippen molar-refractivity contribution in [1.29, 1.82) is 0 Å². The smallest absolute Gasteiger partial charge is 0.270 e. The lowest BCUT2D eigenvalue weighted by atomic mass is 10.1. The van der Waals surface area contributed by atoms with Crippen LogP contribution in [0.5, 0.6) is 5.75 Å². The molecule has 0 atom stereocenters. The molecule has 2 N–H and O–H groups in total. The minimum Gasteiger partial charge on any atom is -0.492 e. The molecule has 0 bridgehead atoms. The lowest BCUT2D eigenvalue weighted by molar-refractivity contribution is -0.385. The van der Waals surface area contributed by atoms with Crippen LogP contribution in [-0.4, -0.2) is 32.4 Å². The largest absolute Gasteiger partial charge is 0.492 e. The molecule has 0 aliphatic carbocycles. The van der Waals surface area contributed by atoms with E-state index >= 15 is 0 Å². The molecule has 0 fully saturated rings. The lowest BCUT2D eigenvalue weighted by Crippen LogP contribution is -2.28. The minimum atomic E-state index is -4.03. The summed E-state index contributed by atoms with van der Waals surface area (Å²) in [7, 11) is -4.03. The van der Waals surface area contributed by atoms with Crippen LogP contribution in [0.3, 0.4) is 0 Å². The number of sulfonamides is 1. The predicted molar refractivity (Wildman–Crippen MR) is 132 cm³/mol. The van der Waals surface area contributed by atoms with Gasteiger partial charge in [0.15, 0.2) is 0 Å². The zero-order chi connectivity index (χ0) is 24.8. The van der Waals surface area contributed by atoms with Crippen molar-refractivity contribution >= 4 is 38.1 Å². The van der Waals surface area contributed by atoms with E-state index in [0.717, 1.165) is 16.8 Å². The number of rotatable bonds is 9. The average Bonchev–Trinajstić information content (AvgIpc) is 2.86. The maximum Gasteiger partial charge on any atom is 0.270 e. The molecule has 0 aliphatic rings. The summed E-state index contributed by atoms with van der Waals surface area (Å²) in [6.45, 7) is 0.567. The first-order valence-corrected chi connectivity index (χ1v) is 12.1. The van der Waals surface area contributed by atoms with Crippen molar-refractivity contribution in [2.24, 2.45) is 0 Å². The fourth-order valence-corrected chi connectivity index (χ4v) is 4.46. The van der Waals surface area contributed by atoms with E-state index in [4.69, 9.17) is 4.74 Å². The Morgan fingerprint density at radius 1 is 0.886 bits per heavy atom. The Morgan fingerprint density at radius 2 is 1.63 bits per heavy atom. The van der Waals surface area contributed by atoms with E-state index in [1.54, 1.807) is 0 Å². The predicted octanol–water partition coefficient (Wildman–Crippen LogP) is 4.36. The SMILES string of the molecule is O=C(NCCOc1ccc2ccccc2c1)c1ccc(NS(=O)(=O)c2cccc([N+](=O)[O-])c2)cc1. The maximum absolute atomic E-state index is 12.5. The van der Waals surface area contributed by atoms with E-state index in [1.165, 1.54) is 42.5 Å². The molecule has 4 rings (SSSR count). The fourth-order valence-electron chi connectivity index (χ4n) is 3.36. The van der Waals surface area contributed by atoms with E-state index in [1.807, 2.05) is 42.5 Å². The molecular formula is C25H21N3O6S. The highest BCUT2D eigenvalue weighted by Gasteiger charge is 2.18. The van der Waals surface area contributed by atoms with Gasteiger partial charge < -0.3 is 10.1 Å². The van der Waals surface area contributed by atoms with Crippen LogP contribution in [0, 0.1) is 10.1 Å². The van der Waals surface area contributed by atoms with Crippen molar-refractivity contribution in [2.45, 2.75) is 4.90 Å². The summed E-state index contributed by atoms with van der Waals surface area (Å²) in [6.07, 6.45) is 0. The number of benzene rings is 4. The Hall–Kier alpha value is -4.44. The lowest BCUT2D eigenvalue weighted by Gasteiger charge is -2.10. The second-order valence-corrected chi connectivity index (χ2v) is 9.23. The normalized spacial score (nSPS) is 11.1. The van der Waals surface area contributed by atoms with E-state index < -0.39 is 14.9 Å². The molecular weight excluding hydrogens is 470 g/mol. The van der Waals surface area contributed by atoms with Gasteiger partial charge in [0.05, 0.1) is 16.4 Å². The van der Waals surface area contributed by atoms with E-state index in [2.05, 4.69) is 10.0 Å². The third kappa shape index (κ3) is 5.92. The number of nitrogens with zero attached hydrogens (tertiary/aromatic N) is 1. The number of anilines is 1.